The third kappa shape index (κ3) is 2.29. The van der Waals surface area contributed by atoms with Crippen molar-refractivity contribution in [2.75, 3.05) is 0 Å². The molecule has 1 aliphatic carbocycles. The van der Waals surface area contributed by atoms with Gasteiger partial charge in [-0.25, -0.2) is 0 Å². The molecule has 1 nitrogen and oxygen atoms in total. The lowest BCUT2D eigenvalue weighted by atomic mass is 9.89. The lowest BCUT2D eigenvalue weighted by molar-refractivity contribution is 0.654. The van der Waals surface area contributed by atoms with Gasteiger partial charge in [0.2, 0.25) is 0 Å². The van der Waals surface area contributed by atoms with Gasteiger partial charge < -0.3 is 5.73 Å². The average molecular weight is 201 g/mol. The molecule has 0 fully saturated rings. The molecule has 1 atom stereocenters. The Bertz CT molecular complexity index is 390. The van der Waals surface area contributed by atoms with Gasteiger partial charge in [-0.2, -0.15) is 0 Å². The first kappa shape index (κ1) is 10.4. The second kappa shape index (κ2) is 4.19. The standard InChI is InChI=1S/C14H19N/c1-10-6-7-14(11(2)8-10)12-4-3-5-13(15)9-12/h6-9,13H,3-5,15H2,1-2H3. The van der Waals surface area contributed by atoms with E-state index in [4.69, 9.17) is 5.73 Å². The maximum atomic E-state index is 5.97. The van der Waals surface area contributed by atoms with Crippen molar-refractivity contribution in [2.24, 2.45) is 5.73 Å². The van der Waals surface area contributed by atoms with Crippen molar-refractivity contribution in [3.63, 3.8) is 0 Å². The highest BCUT2D eigenvalue weighted by atomic mass is 14.6. The first-order valence-corrected chi connectivity index (χ1v) is 5.71. The van der Waals surface area contributed by atoms with Gasteiger partial charge in [0, 0.05) is 6.04 Å². The van der Waals surface area contributed by atoms with Crippen LogP contribution in [0.3, 0.4) is 0 Å². The summed E-state index contributed by atoms with van der Waals surface area (Å²) in [6.07, 6.45) is 5.77. The Hall–Kier alpha value is -1.08. The summed E-state index contributed by atoms with van der Waals surface area (Å²) in [4.78, 5) is 0. The number of rotatable bonds is 1. The predicted octanol–water partition coefficient (Wildman–Crippen LogP) is 3.20. The minimum Gasteiger partial charge on any atom is -0.324 e. The average Bonchev–Trinajstić information content (AvgIpc) is 2.17. The molecule has 0 aromatic heterocycles. The number of hydrogen-bond donors (Lipinski definition) is 1. The van der Waals surface area contributed by atoms with Gasteiger partial charge in [0.15, 0.2) is 0 Å². The number of benzene rings is 1. The van der Waals surface area contributed by atoms with Crippen molar-refractivity contribution >= 4 is 5.57 Å². The third-order valence-electron chi connectivity index (χ3n) is 3.13. The van der Waals surface area contributed by atoms with Gasteiger partial charge in [-0.1, -0.05) is 29.8 Å². The topological polar surface area (TPSA) is 26.0 Å². The van der Waals surface area contributed by atoms with Crippen molar-refractivity contribution < 1.29 is 0 Å². The Kier molecular flexibility index (Phi) is 2.92. The van der Waals surface area contributed by atoms with Gasteiger partial charge >= 0.3 is 0 Å². The highest BCUT2D eigenvalue weighted by Gasteiger charge is 2.12. The minimum absolute atomic E-state index is 0.259. The van der Waals surface area contributed by atoms with Gasteiger partial charge in [-0.3, -0.25) is 0 Å². The Labute approximate surface area is 92.0 Å². The van der Waals surface area contributed by atoms with Crippen LogP contribution in [-0.2, 0) is 0 Å². The SMILES string of the molecule is Cc1ccc(C2=CC(N)CCC2)c(C)c1. The van der Waals surface area contributed by atoms with Crippen LogP contribution in [0.1, 0.15) is 36.0 Å². The van der Waals surface area contributed by atoms with Gasteiger partial charge in [0.1, 0.15) is 0 Å². The third-order valence-corrected chi connectivity index (χ3v) is 3.13. The molecular formula is C14H19N. The molecule has 2 rings (SSSR count). The van der Waals surface area contributed by atoms with Crippen molar-refractivity contribution in [3.8, 4) is 0 Å². The van der Waals surface area contributed by atoms with E-state index in [0.717, 1.165) is 6.42 Å². The van der Waals surface area contributed by atoms with E-state index in [1.165, 1.54) is 35.1 Å². The minimum atomic E-state index is 0.259. The van der Waals surface area contributed by atoms with Gasteiger partial charge in [0.05, 0.1) is 0 Å². The molecule has 1 heteroatoms. The highest BCUT2D eigenvalue weighted by Crippen LogP contribution is 2.28. The molecule has 1 aromatic carbocycles. The maximum Gasteiger partial charge on any atom is 0.0229 e. The molecule has 2 N–H and O–H groups in total. The Morgan fingerprint density at radius 3 is 2.73 bits per heavy atom. The van der Waals surface area contributed by atoms with Gasteiger partial charge in [0.25, 0.3) is 0 Å². The van der Waals surface area contributed by atoms with E-state index in [0.29, 0.717) is 0 Å². The normalized spacial score (nSPS) is 21.3. The molecule has 0 bridgehead atoms. The zero-order valence-corrected chi connectivity index (χ0v) is 9.59. The van der Waals surface area contributed by atoms with Crippen LogP contribution in [-0.4, -0.2) is 6.04 Å². The van der Waals surface area contributed by atoms with E-state index >= 15 is 0 Å². The molecule has 80 valence electrons. The van der Waals surface area contributed by atoms with E-state index < -0.39 is 0 Å². The molecule has 0 saturated heterocycles. The van der Waals surface area contributed by atoms with Gasteiger partial charge in [-0.15, -0.1) is 0 Å². The van der Waals surface area contributed by atoms with Crippen LogP contribution < -0.4 is 5.73 Å². The van der Waals surface area contributed by atoms with Crippen LogP contribution in [0.15, 0.2) is 24.3 Å². The molecule has 1 unspecified atom stereocenters. The zero-order chi connectivity index (χ0) is 10.8. The second-order valence-electron chi connectivity index (χ2n) is 4.57. The first-order chi connectivity index (χ1) is 7.16. The van der Waals surface area contributed by atoms with E-state index in [1.54, 1.807) is 0 Å². The summed E-state index contributed by atoms with van der Waals surface area (Å²) >= 11 is 0. The molecule has 0 heterocycles. The highest BCUT2D eigenvalue weighted by molar-refractivity contribution is 5.69. The first-order valence-electron chi connectivity index (χ1n) is 5.71. The second-order valence-corrected chi connectivity index (χ2v) is 4.57. The smallest absolute Gasteiger partial charge is 0.0229 e. The lowest BCUT2D eigenvalue weighted by Crippen LogP contribution is -2.20. The van der Waals surface area contributed by atoms with Crippen LogP contribution in [0.25, 0.3) is 5.57 Å². The zero-order valence-electron chi connectivity index (χ0n) is 9.59. The number of allylic oxidation sites excluding steroid dienone is 1. The molecule has 0 spiro atoms. The summed E-state index contributed by atoms with van der Waals surface area (Å²) in [7, 11) is 0. The van der Waals surface area contributed by atoms with E-state index in [1.807, 2.05) is 0 Å². The van der Waals surface area contributed by atoms with Crippen LogP contribution >= 0.6 is 0 Å². The summed E-state index contributed by atoms with van der Waals surface area (Å²) in [6.45, 7) is 4.32. The largest absolute Gasteiger partial charge is 0.324 e. The van der Waals surface area contributed by atoms with Crippen LogP contribution in [0, 0.1) is 13.8 Å². The van der Waals surface area contributed by atoms with Crippen LogP contribution in [0.5, 0.6) is 0 Å². The fraction of sp³-hybridized carbons (Fsp3) is 0.429. The van der Waals surface area contributed by atoms with E-state index in [9.17, 15) is 0 Å². The predicted molar refractivity (Wildman–Crippen MR) is 65.7 cm³/mol. The van der Waals surface area contributed by atoms with Crippen molar-refractivity contribution in [2.45, 2.75) is 39.2 Å². The fourth-order valence-corrected chi connectivity index (χ4v) is 2.35. The van der Waals surface area contributed by atoms with Crippen molar-refractivity contribution in [3.05, 3.63) is 41.0 Å². The fourth-order valence-electron chi connectivity index (χ4n) is 2.35. The van der Waals surface area contributed by atoms with Crippen LogP contribution in [0.2, 0.25) is 0 Å². The molecule has 0 amide bonds. The summed E-state index contributed by atoms with van der Waals surface area (Å²) in [6, 6.07) is 6.92. The molecular weight excluding hydrogens is 182 g/mol. The van der Waals surface area contributed by atoms with E-state index in [-0.39, 0.29) is 6.04 Å². The van der Waals surface area contributed by atoms with Crippen molar-refractivity contribution in [1.82, 2.24) is 0 Å². The summed E-state index contributed by atoms with van der Waals surface area (Å²) < 4.78 is 0. The number of nitrogens with two attached hydrogens (primary N) is 1. The molecule has 0 saturated carbocycles. The quantitative estimate of drug-likeness (QED) is 0.742. The number of hydrogen-bond acceptors (Lipinski definition) is 1. The summed E-state index contributed by atoms with van der Waals surface area (Å²) in [5.41, 5.74) is 11.5. The Morgan fingerprint density at radius 1 is 1.27 bits per heavy atom. The van der Waals surface area contributed by atoms with Gasteiger partial charge in [-0.05, 0) is 49.8 Å². The molecule has 1 aliphatic rings. The summed E-state index contributed by atoms with van der Waals surface area (Å²) in [5, 5.41) is 0. The molecule has 0 radical (unpaired) electrons. The number of aryl methyl sites for hydroxylation is 2. The molecule has 1 aromatic rings. The lowest BCUT2D eigenvalue weighted by Gasteiger charge is -2.19. The maximum absolute atomic E-state index is 5.97. The molecule has 0 aliphatic heterocycles. The monoisotopic (exact) mass is 201 g/mol. The Balaban J connectivity index is 2.37. The summed E-state index contributed by atoms with van der Waals surface area (Å²) in [5.74, 6) is 0. The Morgan fingerprint density at radius 2 is 2.07 bits per heavy atom. The molecule has 15 heavy (non-hydrogen) atoms. The van der Waals surface area contributed by atoms with Crippen LogP contribution in [0.4, 0.5) is 0 Å². The van der Waals surface area contributed by atoms with E-state index in [2.05, 4.69) is 38.1 Å². The van der Waals surface area contributed by atoms with Crippen molar-refractivity contribution in [1.29, 1.82) is 0 Å².